The maximum Gasteiger partial charge on any atom is 0.163 e. The average molecular weight is 419 g/mol. The molecule has 1 aliphatic rings. The minimum Gasteiger partial charge on any atom is -0.493 e. The number of nitrogens with zero attached hydrogens (tertiary/aromatic N) is 5. The maximum atomic E-state index is 5.89. The Morgan fingerprint density at radius 3 is 2.61 bits per heavy atom. The smallest absolute Gasteiger partial charge is 0.163 e. The van der Waals surface area contributed by atoms with Crippen molar-refractivity contribution in [3.05, 3.63) is 42.7 Å². The fourth-order valence-electron chi connectivity index (χ4n) is 4.19. The minimum atomic E-state index is 0.427. The van der Waals surface area contributed by atoms with Crippen LogP contribution in [-0.2, 0) is 4.74 Å². The molecule has 0 atom stereocenters. The molecule has 31 heavy (non-hydrogen) atoms. The summed E-state index contributed by atoms with van der Waals surface area (Å²) in [6.07, 6.45) is 6.14. The topological polar surface area (TPSA) is 74.5 Å². The Morgan fingerprint density at radius 1 is 0.935 bits per heavy atom. The van der Waals surface area contributed by atoms with E-state index in [4.69, 9.17) is 19.3 Å². The van der Waals surface area contributed by atoms with Gasteiger partial charge in [-0.05, 0) is 31.0 Å². The molecule has 1 fully saturated rings. The Morgan fingerprint density at radius 2 is 1.81 bits per heavy atom. The van der Waals surface area contributed by atoms with Crippen LogP contribution in [0.25, 0.3) is 27.5 Å². The quantitative estimate of drug-likeness (QED) is 0.424. The van der Waals surface area contributed by atoms with E-state index in [-0.39, 0.29) is 0 Å². The Kier molecular flexibility index (Phi) is 5.30. The number of hydrogen-bond donors (Lipinski definition) is 0. The first kappa shape index (κ1) is 19.6. The highest BCUT2D eigenvalue weighted by molar-refractivity contribution is 5.96. The summed E-state index contributed by atoms with van der Waals surface area (Å²) >= 11 is 0. The first-order valence-electron chi connectivity index (χ1n) is 10.5. The predicted octanol–water partition coefficient (Wildman–Crippen LogP) is 3.60. The van der Waals surface area contributed by atoms with Crippen molar-refractivity contribution in [2.24, 2.45) is 0 Å². The molecule has 4 aromatic rings. The van der Waals surface area contributed by atoms with Gasteiger partial charge in [-0.2, -0.15) is 15.3 Å². The lowest BCUT2D eigenvalue weighted by molar-refractivity contribution is 0.144. The second-order valence-corrected chi connectivity index (χ2v) is 7.55. The molecule has 0 unspecified atom stereocenters. The molecule has 0 radical (unpaired) electrons. The number of ether oxygens (including phenoxy) is 3. The van der Waals surface area contributed by atoms with Gasteiger partial charge >= 0.3 is 0 Å². The van der Waals surface area contributed by atoms with E-state index in [1.54, 1.807) is 20.4 Å². The third kappa shape index (κ3) is 3.53. The summed E-state index contributed by atoms with van der Waals surface area (Å²) in [5.41, 5.74) is 3.83. The van der Waals surface area contributed by atoms with Crippen LogP contribution in [0.5, 0.6) is 11.5 Å². The molecule has 0 amide bonds. The van der Waals surface area contributed by atoms with Gasteiger partial charge in [0.1, 0.15) is 6.61 Å². The standard InChI is InChI=1S/C23H25N5O3/c1-29-10-11-31-23-12-16-18(13-22(23)30-2)26-24-15-21(16)28-20-7-5-6-19(17(20)14-25-28)27-8-3-4-9-27/h5-7,12-15H,3-4,8-11H2,1-2H3. The van der Waals surface area contributed by atoms with Gasteiger partial charge in [0.15, 0.2) is 11.5 Å². The molecule has 160 valence electrons. The molecule has 3 heterocycles. The van der Waals surface area contributed by atoms with Crippen LogP contribution < -0.4 is 14.4 Å². The maximum absolute atomic E-state index is 5.89. The van der Waals surface area contributed by atoms with Crippen LogP contribution in [0, 0.1) is 0 Å². The Balaban J connectivity index is 1.63. The molecule has 0 saturated carbocycles. The molecule has 1 aliphatic heterocycles. The lowest BCUT2D eigenvalue weighted by Gasteiger charge is -2.18. The number of fused-ring (bicyclic) bond motifs is 2. The summed E-state index contributed by atoms with van der Waals surface area (Å²) in [5, 5.41) is 15.3. The van der Waals surface area contributed by atoms with Crippen molar-refractivity contribution in [2.45, 2.75) is 12.8 Å². The van der Waals surface area contributed by atoms with Gasteiger partial charge in [-0.15, -0.1) is 0 Å². The molecule has 2 aromatic carbocycles. The van der Waals surface area contributed by atoms with Crippen molar-refractivity contribution >= 4 is 27.5 Å². The molecule has 8 nitrogen and oxygen atoms in total. The number of aromatic nitrogens is 4. The van der Waals surface area contributed by atoms with Gasteiger partial charge in [0.05, 0.1) is 42.8 Å². The predicted molar refractivity (Wildman–Crippen MR) is 120 cm³/mol. The zero-order chi connectivity index (χ0) is 21.2. The fraction of sp³-hybridized carbons (Fsp3) is 0.348. The molecule has 0 aliphatic carbocycles. The van der Waals surface area contributed by atoms with Crippen LogP contribution >= 0.6 is 0 Å². The van der Waals surface area contributed by atoms with E-state index in [2.05, 4.69) is 33.3 Å². The van der Waals surface area contributed by atoms with Crippen LogP contribution in [0.4, 0.5) is 5.69 Å². The highest BCUT2D eigenvalue weighted by Crippen LogP contribution is 2.35. The monoisotopic (exact) mass is 419 g/mol. The average Bonchev–Trinajstić information content (AvgIpc) is 3.48. The molecular formula is C23H25N5O3. The van der Waals surface area contributed by atoms with Crippen LogP contribution in [0.15, 0.2) is 42.7 Å². The molecule has 0 bridgehead atoms. The van der Waals surface area contributed by atoms with Crippen molar-refractivity contribution in [2.75, 3.05) is 45.4 Å². The first-order valence-corrected chi connectivity index (χ1v) is 10.5. The molecule has 1 saturated heterocycles. The summed E-state index contributed by atoms with van der Waals surface area (Å²) in [5.74, 6) is 1.24. The Hall–Kier alpha value is -3.39. The van der Waals surface area contributed by atoms with Crippen LogP contribution in [0.2, 0.25) is 0 Å². The van der Waals surface area contributed by atoms with Crippen molar-refractivity contribution in [1.82, 2.24) is 20.0 Å². The van der Waals surface area contributed by atoms with Crippen LogP contribution in [0.1, 0.15) is 12.8 Å². The van der Waals surface area contributed by atoms with Gasteiger partial charge in [-0.25, -0.2) is 4.68 Å². The van der Waals surface area contributed by atoms with Gasteiger partial charge in [0.25, 0.3) is 0 Å². The third-order valence-corrected chi connectivity index (χ3v) is 5.71. The van der Waals surface area contributed by atoms with Crippen molar-refractivity contribution < 1.29 is 14.2 Å². The number of methoxy groups -OCH3 is 2. The number of anilines is 1. The molecule has 8 heteroatoms. The molecular weight excluding hydrogens is 394 g/mol. The molecule has 0 spiro atoms. The van der Waals surface area contributed by atoms with E-state index in [0.29, 0.717) is 30.2 Å². The van der Waals surface area contributed by atoms with E-state index >= 15 is 0 Å². The van der Waals surface area contributed by atoms with E-state index in [1.807, 2.05) is 23.0 Å². The van der Waals surface area contributed by atoms with E-state index < -0.39 is 0 Å². The van der Waals surface area contributed by atoms with Crippen LogP contribution in [-0.4, -0.2) is 60.5 Å². The number of rotatable bonds is 7. The van der Waals surface area contributed by atoms with Crippen molar-refractivity contribution in [3.8, 4) is 17.2 Å². The van der Waals surface area contributed by atoms with Gasteiger partial charge in [0.2, 0.25) is 0 Å². The van der Waals surface area contributed by atoms with E-state index in [1.165, 1.54) is 18.5 Å². The van der Waals surface area contributed by atoms with Gasteiger partial charge in [-0.1, -0.05) is 6.07 Å². The highest BCUT2D eigenvalue weighted by atomic mass is 16.5. The van der Waals surface area contributed by atoms with Gasteiger partial charge in [0, 0.05) is 42.7 Å². The second-order valence-electron chi connectivity index (χ2n) is 7.55. The van der Waals surface area contributed by atoms with Crippen molar-refractivity contribution in [1.29, 1.82) is 0 Å². The summed E-state index contributed by atoms with van der Waals surface area (Å²) in [6.45, 7) is 3.10. The second kappa shape index (κ2) is 8.39. The number of hydrogen-bond acceptors (Lipinski definition) is 7. The summed E-state index contributed by atoms with van der Waals surface area (Å²) < 4.78 is 18.4. The lowest BCUT2D eigenvalue weighted by Crippen LogP contribution is -2.17. The summed E-state index contributed by atoms with van der Waals surface area (Å²) in [4.78, 5) is 2.43. The molecule has 0 N–H and O–H groups in total. The number of benzene rings is 2. The highest BCUT2D eigenvalue weighted by Gasteiger charge is 2.19. The summed E-state index contributed by atoms with van der Waals surface area (Å²) in [6, 6.07) is 10.1. The largest absolute Gasteiger partial charge is 0.493 e. The van der Waals surface area contributed by atoms with Crippen molar-refractivity contribution in [3.63, 3.8) is 0 Å². The van der Waals surface area contributed by atoms with Gasteiger partial charge in [-0.3, -0.25) is 0 Å². The van der Waals surface area contributed by atoms with E-state index in [9.17, 15) is 0 Å². The Labute approximate surface area is 180 Å². The minimum absolute atomic E-state index is 0.427. The molecule has 5 rings (SSSR count). The fourth-order valence-corrected chi connectivity index (χ4v) is 4.19. The SMILES string of the molecule is COCCOc1cc2c(-n3ncc4c(N5CCCC5)cccc43)cnnc2cc1OC. The zero-order valence-electron chi connectivity index (χ0n) is 17.7. The summed E-state index contributed by atoms with van der Waals surface area (Å²) in [7, 11) is 3.26. The lowest BCUT2D eigenvalue weighted by atomic mass is 10.1. The zero-order valence-corrected chi connectivity index (χ0v) is 17.7. The Bertz CT molecular complexity index is 1220. The molecule has 2 aromatic heterocycles. The first-order chi connectivity index (χ1) is 15.3. The van der Waals surface area contributed by atoms with E-state index in [0.717, 1.165) is 35.1 Å². The third-order valence-electron chi connectivity index (χ3n) is 5.71. The normalized spacial score (nSPS) is 13.9. The van der Waals surface area contributed by atoms with Gasteiger partial charge < -0.3 is 19.1 Å². The van der Waals surface area contributed by atoms with Crippen LogP contribution in [0.3, 0.4) is 0 Å².